The first-order valence-electron chi connectivity index (χ1n) is 8.80. The van der Waals surface area contributed by atoms with E-state index in [0.29, 0.717) is 13.2 Å². The molecule has 0 bridgehead atoms. The van der Waals surface area contributed by atoms with Gasteiger partial charge in [-0.3, -0.25) is 4.18 Å². The topological polar surface area (TPSA) is 125 Å². The molecular formula is C16H37NaO8S. The van der Waals surface area contributed by atoms with Gasteiger partial charge in [-0.25, -0.2) is 8.42 Å². The summed E-state index contributed by atoms with van der Waals surface area (Å²) in [6.45, 7) is 10.4. The summed E-state index contributed by atoms with van der Waals surface area (Å²) in [5, 5.41) is 16.2. The van der Waals surface area contributed by atoms with Gasteiger partial charge in [-0.1, -0.05) is 33.1 Å². The summed E-state index contributed by atoms with van der Waals surface area (Å²) in [6.07, 6.45) is 3.87. The van der Waals surface area contributed by atoms with Crippen LogP contribution < -0.4 is 29.6 Å². The zero-order chi connectivity index (χ0) is 20.0. The van der Waals surface area contributed by atoms with E-state index in [1.165, 1.54) is 0 Å². The van der Waals surface area contributed by atoms with Gasteiger partial charge < -0.3 is 24.2 Å². The van der Waals surface area contributed by atoms with Crippen molar-refractivity contribution in [3.05, 3.63) is 0 Å². The summed E-state index contributed by atoms with van der Waals surface area (Å²) in [6, 6.07) is 0. The summed E-state index contributed by atoms with van der Waals surface area (Å²) in [7, 11) is -4.50. The molecule has 0 aromatic heterocycles. The van der Waals surface area contributed by atoms with E-state index in [2.05, 4.69) is 15.8 Å². The molecule has 0 amide bonds. The van der Waals surface area contributed by atoms with Crippen LogP contribution in [-0.2, 0) is 24.1 Å². The van der Waals surface area contributed by atoms with Gasteiger partial charge in [0.15, 0.2) is 0 Å². The van der Waals surface area contributed by atoms with Gasteiger partial charge in [0, 0.05) is 13.2 Å². The van der Waals surface area contributed by atoms with Crippen molar-refractivity contribution in [1.29, 1.82) is 0 Å². The van der Waals surface area contributed by atoms with Crippen molar-refractivity contribution in [3.63, 3.8) is 0 Å². The van der Waals surface area contributed by atoms with Gasteiger partial charge >= 0.3 is 29.6 Å². The molecule has 10 heteroatoms. The Morgan fingerprint density at radius 3 is 1.73 bits per heavy atom. The Kier molecular flexibility index (Phi) is 36.8. The second-order valence-electron chi connectivity index (χ2n) is 4.95. The van der Waals surface area contributed by atoms with Crippen LogP contribution in [0.3, 0.4) is 0 Å². The van der Waals surface area contributed by atoms with E-state index >= 15 is 0 Å². The average molecular weight is 413 g/mol. The molecule has 0 rings (SSSR count). The number of hydrogen-bond acceptors (Lipinski definition) is 8. The summed E-state index contributed by atoms with van der Waals surface area (Å²) >= 11 is 0. The van der Waals surface area contributed by atoms with Gasteiger partial charge in [-0.05, 0) is 26.2 Å². The second kappa shape index (κ2) is 27.9. The molecule has 0 heterocycles. The van der Waals surface area contributed by atoms with Gasteiger partial charge in [-0.2, -0.15) is 0 Å². The maximum Gasteiger partial charge on any atom is 1.00 e. The molecule has 0 spiro atoms. The zero-order valence-electron chi connectivity index (χ0n) is 17.1. The summed E-state index contributed by atoms with van der Waals surface area (Å²) < 4.78 is 44.1. The Hall–Kier alpha value is 0.710. The van der Waals surface area contributed by atoms with Crippen molar-refractivity contribution in [2.45, 2.75) is 53.4 Å². The van der Waals surface area contributed by atoms with Crippen LogP contribution in [0.5, 0.6) is 0 Å². The number of ether oxygens (including phenoxy) is 2. The molecule has 0 saturated heterocycles. The standard InChI is InChI=1S/C8H18O4S.C4H10O3.C4H10O.Na/c1-3-5-6-8(4-2)7-12-13(9,10)11;5-1-3-7-4-2-6;1-3-5-4-2;/h8H,3-7H2,1-2H3,(H,9,10,11);5-6H,1-4H2;3-4H2,1-2H3;/q;;;+1/p-1. The molecule has 0 aliphatic carbocycles. The van der Waals surface area contributed by atoms with Gasteiger partial charge in [0.1, 0.15) is 0 Å². The van der Waals surface area contributed by atoms with Gasteiger partial charge in [-0.15, -0.1) is 0 Å². The third kappa shape index (κ3) is 39.7. The van der Waals surface area contributed by atoms with Crippen molar-refractivity contribution >= 4 is 10.4 Å². The van der Waals surface area contributed by atoms with Crippen LogP contribution in [0.1, 0.15) is 53.4 Å². The van der Waals surface area contributed by atoms with E-state index in [-0.39, 0.29) is 55.3 Å². The SMILES string of the molecule is CCCCC(CC)COS(=O)(=O)[O-].CCOCC.OCCOCCO.[Na+]. The van der Waals surface area contributed by atoms with E-state index in [1.807, 2.05) is 20.8 Å². The van der Waals surface area contributed by atoms with Gasteiger partial charge in [0.2, 0.25) is 10.4 Å². The fourth-order valence-corrected chi connectivity index (χ4v) is 1.87. The Morgan fingerprint density at radius 1 is 0.962 bits per heavy atom. The summed E-state index contributed by atoms with van der Waals surface area (Å²) in [4.78, 5) is 0. The second-order valence-corrected chi connectivity index (χ2v) is 6.00. The fraction of sp³-hybridized carbons (Fsp3) is 1.00. The Labute approximate surface area is 181 Å². The smallest absolute Gasteiger partial charge is 0.726 e. The van der Waals surface area contributed by atoms with Crippen LogP contribution in [0.2, 0.25) is 0 Å². The van der Waals surface area contributed by atoms with E-state index < -0.39 is 10.4 Å². The molecule has 156 valence electrons. The number of hydrogen-bond donors (Lipinski definition) is 2. The molecular weight excluding hydrogens is 375 g/mol. The minimum absolute atomic E-state index is 0. The molecule has 1 atom stereocenters. The van der Waals surface area contributed by atoms with Crippen LogP contribution >= 0.6 is 0 Å². The van der Waals surface area contributed by atoms with Crippen LogP contribution in [0.25, 0.3) is 0 Å². The van der Waals surface area contributed by atoms with Crippen molar-refractivity contribution in [1.82, 2.24) is 0 Å². The molecule has 0 aromatic carbocycles. The van der Waals surface area contributed by atoms with Crippen molar-refractivity contribution in [2.75, 3.05) is 46.2 Å². The third-order valence-corrected chi connectivity index (χ3v) is 3.30. The first kappa shape index (κ1) is 34.2. The van der Waals surface area contributed by atoms with E-state index in [1.54, 1.807) is 0 Å². The van der Waals surface area contributed by atoms with E-state index in [4.69, 9.17) is 14.9 Å². The maximum atomic E-state index is 10.1. The maximum absolute atomic E-state index is 10.1. The van der Waals surface area contributed by atoms with Crippen LogP contribution in [0, 0.1) is 5.92 Å². The van der Waals surface area contributed by atoms with Crippen molar-refractivity contribution < 1.29 is 66.4 Å². The van der Waals surface area contributed by atoms with Crippen molar-refractivity contribution in [3.8, 4) is 0 Å². The number of rotatable bonds is 13. The first-order chi connectivity index (χ1) is 11.8. The number of aliphatic hydroxyl groups excluding tert-OH is 2. The quantitative estimate of drug-likeness (QED) is 0.166. The molecule has 0 fully saturated rings. The minimum Gasteiger partial charge on any atom is -0.726 e. The predicted molar refractivity (Wildman–Crippen MR) is 96.1 cm³/mol. The van der Waals surface area contributed by atoms with E-state index in [0.717, 1.165) is 38.9 Å². The van der Waals surface area contributed by atoms with Gasteiger partial charge in [0.25, 0.3) is 0 Å². The predicted octanol–water partition coefficient (Wildman–Crippen LogP) is -1.29. The fourth-order valence-electron chi connectivity index (χ4n) is 1.51. The Morgan fingerprint density at radius 2 is 1.46 bits per heavy atom. The Balaban J connectivity index is -0.000000157. The number of unbranched alkanes of at least 4 members (excludes halogenated alkanes) is 1. The summed E-state index contributed by atoms with van der Waals surface area (Å²) in [5.74, 6) is 0.184. The summed E-state index contributed by atoms with van der Waals surface area (Å²) in [5.41, 5.74) is 0. The van der Waals surface area contributed by atoms with Crippen LogP contribution in [0.15, 0.2) is 0 Å². The Bertz CT molecular complexity index is 322. The molecule has 0 aliphatic rings. The molecule has 0 aliphatic heterocycles. The first-order valence-corrected chi connectivity index (χ1v) is 10.1. The largest absolute Gasteiger partial charge is 1.00 e. The van der Waals surface area contributed by atoms with Crippen LogP contribution in [-0.4, -0.2) is 69.4 Å². The third-order valence-electron chi connectivity index (χ3n) is 2.87. The minimum atomic E-state index is -4.50. The van der Waals surface area contributed by atoms with Crippen molar-refractivity contribution in [2.24, 2.45) is 5.92 Å². The average Bonchev–Trinajstić information content (AvgIpc) is 2.57. The molecule has 0 aromatic rings. The monoisotopic (exact) mass is 412 g/mol. The molecule has 0 saturated carbocycles. The van der Waals surface area contributed by atoms with E-state index in [9.17, 15) is 13.0 Å². The zero-order valence-corrected chi connectivity index (χ0v) is 19.9. The number of aliphatic hydroxyl groups is 2. The normalized spacial score (nSPS) is 11.3. The molecule has 8 nitrogen and oxygen atoms in total. The molecule has 0 radical (unpaired) electrons. The molecule has 1 unspecified atom stereocenters. The van der Waals surface area contributed by atoms with Gasteiger partial charge in [0.05, 0.1) is 33.0 Å². The molecule has 2 N–H and O–H groups in total. The van der Waals surface area contributed by atoms with Crippen LogP contribution in [0.4, 0.5) is 0 Å². The molecule has 26 heavy (non-hydrogen) atoms.